The standard InChI is InChI=1S/C12H18N/c1-2-3-4-8-11-13-12-9-6-5-7-10-12/h5-7,9,13H,2-4,8,11H2,1H3. The van der Waals surface area contributed by atoms with Crippen LogP contribution >= 0.6 is 0 Å². The minimum absolute atomic E-state index is 1.07. The highest BCUT2D eigenvalue weighted by Gasteiger charge is 1.89. The van der Waals surface area contributed by atoms with Gasteiger partial charge in [0.2, 0.25) is 0 Å². The summed E-state index contributed by atoms with van der Waals surface area (Å²) in [6.07, 6.45) is 5.24. The summed E-state index contributed by atoms with van der Waals surface area (Å²) in [5, 5.41) is 3.35. The van der Waals surface area contributed by atoms with Gasteiger partial charge in [0.15, 0.2) is 0 Å². The summed E-state index contributed by atoms with van der Waals surface area (Å²) in [6.45, 7) is 3.30. The highest BCUT2D eigenvalue weighted by Crippen LogP contribution is 2.05. The topological polar surface area (TPSA) is 12.0 Å². The normalized spacial score (nSPS) is 9.92. The molecule has 1 heteroatoms. The molecule has 1 aromatic rings. The van der Waals surface area contributed by atoms with Gasteiger partial charge in [-0.25, -0.2) is 0 Å². The molecule has 1 N–H and O–H groups in total. The summed E-state index contributed by atoms with van der Waals surface area (Å²) < 4.78 is 0. The highest BCUT2D eigenvalue weighted by atomic mass is 14.9. The highest BCUT2D eigenvalue weighted by molar-refractivity contribution is 5.40. The van der Waals surface area contributed by atoms with E-state index < -0.39 is 0 Å². The van der Waals surface area contributed by atoms with Gasteiger partial charge >= 0.3 is 0 Å². The molecule has 0 bridgehead atoms. The van der Waals surface area contributed by atoms with E-state index in [-0.39, 0.29) is 0 Å². The van der Waals surface area contributed by atoms with Crippen LogP contribution in [0.4, 0.5) is 5.69 Å². The van der Waals surface area contributed by atoms with E-state index in [1.54, 1.807) is 0 Å². The zero-order valence-electron chi connectivity index (χ0n) is 8.34. The molecule has 0 heterocycles. The number of para-hydroxylation sites is 1. The van der Waals surface area contributed by atoms with Gasteiger partial charge in [-0.15, -0.1) is 0 Å². The van der Waals surface area contributed by atoms with Crippen molar-refractivity contribution in [1.29, 1.82) is 0 Å². The van der Waals surface area contributed by atoms with E-state index in [4.69, 9.17) is 0 Å². The second kappa shape index (κ2) is 6.53. The maximum absolute atomic E-state index is 3.35. The molecule has 0 fully saturated rings. The Morgan fingerprint density at radius 2 is 2.15 bits per heavy atom. The molecular weight excluding hydrogens is 158 g/mol. The Morgan fingerprint density at radius 3 is 2.85 bits per heavy atom. The third kappa shape index (κ3) is 4.56. The van der Waals surface area contributed by atoms with Crippen molar-refractivity contribution >= 4 is 5.69 Å². The molecule has 71 valence electrons. The van der Waals surface area contributed by atoms with E-state index in [0.717, 1.165) is 12.2 Å². The van der Waals surface area contributed by atoms with E-state index in [1.807, 2.05) is 18.2 Å². The summed E-state index contributed by atoms with van der Waals surface area (Å²) >= 11 is 0. The number of hydrogen-bond donors (Lipinski definition) is 1. The first-order chi connectivity index (χ1) is 6.43. The minimum Gasteiger partial charge on any atom is -0.385 e. The molecule has 13 heavy (non-hydrogen) atoms. The van der Waals surface area contributed by atoms with Crippen LogP contribution in [-0.4, -0.2) is 6.54 Å². The van der Waals surface area contributed by atoms with Gasteiger partial charge in [-0.05, 0) is 12.5 Å². The fraction of sp³-hybridized carbons (Fsp3) is 0.500. The van der Waals surface area contributed by atoms with Crippen LogP contribution in [0.25, 0.3) is 0 Å². The van der Waals surface area contributed by atoms with Crippen LogP contribution in [0.5, 0.6) is 0 Å². The van der Waals surface area contributed by atoms with Crippen LogP contribution in [0.15, 0.2) is 24.3 Å². The molecule has 1 radical (unpaired) electrons. The average Bonchev–Trinajstić information content (AvgIpc) is 2.19. The third-order valence-corrected chi connectivity index (χ3v) is 2.05. The first-order valence-corrected chi connectivity index (χ1v) is 5.14. The van der Waals surface area contributed by atoms with E-state index in [0.29, 0.717) is 0 Å². The summed E-state index contributed by atoms with van der Waals surface area (Å²) in [7, 11) is 0. The number of nitrogens with one attached hydrogen (secondary N) is 1. The van der Waals surface area contributed by atoms with Crippen LogP contribution in [0.2, 0.25) is 0 Å². The number of benzene rings is 1. The molecule has 0 aliphatic heterocycles. The summed E-state index contributed by atoms with van der Waals surface area (Å²) in [6, 6.07) is 11.2. The van der Waals surface area contributed by atoms with Crippen molar-refractivity contribution in [2.45, 2.75) is 32.6 Å². The number of rotatable bonds is 6. The Balaban J connectivity index is 2.07. The lowest BCUT2D eigenvalue weighted by Crippen LogP contribution is -2.00. The van der Waals surface area contributed by atoms with Crippen molar-refractivity contribution in [2.75, 3.05) is 11.9 Å². The van der Waals surface area contributed by atoms with Crippen molar-refractivity contribution in [3.8, 4) is 0 Å². The van der Waals surface area contributed by atoms with Gasteiger partial charge in [-0.2, -0.15) is 0 Å². The summed E-state index contributed by atoms with van der Waals surface area (Å²) in [5.41, 5.74) is 1.11. The number of unbranched alkanes of at least 4 members (excludes halogenated alkanes) is 3. The second-order valence-electron chi connectivity index (χ2n) is 3.26. The first-order valence-electron chi connectivity index (χ1n) is 5.14. The maximum Gasteiger partial charge on any atom is 0.0420 e. The van der Waals surface area contributed by atoms with Crippen molar-refractivity contribution in [2.24, 2.45) is 0 Å². The van der Waals surface area contributed by atoms with Crippen molar-refractivity contribution < 1.29 is 0 Å². The van der Waals surface area contributed by atoms with E-state index in [2.05, 4.69) is 24.4 Å². The van der Waals surface area contributed by atoms with Crippen LogP contribution < -0.4 is 5.32 Å². The largest absolute Gasteiger partial charge is 0.385 e. The minimum atomic E-state index is 1.07. The quantitative estimate of drug-likeness (QED) is 0.654. The van der Waals surface area contributed by atoms with Gasteiger partial charge in [0.05, 0.1) is 0 Å². The molecule has 0 spiro atoms. The molecule has 0 amide bonds. The molecule has 0 atom stereocenters. The van der Waals surface area contributed by atoms with E-state index >= 15 is 0 Å². The Bertz CT molecular complexity index is 206. The SMILES string of the molecule is CCCCCCNc1[c]cccc1. The zero-order chi connectivity index (χ0) is 9.36. The monoisotopic (exact) mass is 176 g/mol. The molecule has 1 nitrogen and oxygen atoms in total. The van der Waals surface area contributed by atoms with E-state index in [9.17, 15) is 0 Å². The zero-order valence-corrected chi connectivity index (χ0v) is 8.34. The molecule has 0 unspecified atom stereocenters. The number of anilines is 1. The molecule has 1 rings (SSSR count). The lowest BCUT2D eigenvalue weighted by atomic mass is 10.2. The van der Waals surface area contributed by atoms with Crippen molar-refractivity contribution in [1.82, 2.24) is 0 Å². The Labute approximate surface area is 81.2 Å². The van der Waals surface area contributed by atoms with Gasteiger partial charge in [-0.3, -0.25) is 0 Å². The fourth-order valence-electron chi connectivity index (χ4n) is 1.28. The van der Waals surface area contributed by atoms with Crippen molar-refractivity contribution in [3.63, 3.8) is 0 Å². The van der Waals surface area contributed by atoms with Gasteiger partial charge in [0, 0.05) is 18.3 Å². The first kappa shape index (κ1) is 10.1. The molecule has 0 aliphatic carbocycles. The van der Waals surface area contributed by atoms with Gasteiger partial charge < -0.3 is 5.32 Å². The lowest BCUT2D eigenvalue weighted by molar-refractivity contribution is 0.685. The van der Waals surface area contributed by atoms with Crippen LogP contribution in [0.3, 0.4) is 0 Å². The van der Waals surface area contributed by atoms with Gasteiger partial charge in [0.25, 0.3) is 0 Å². The molecule has 0 aromatic heterocycles. The Morgan fingerprint density at radius 1 is 1.23 bits per heavy atom. The van der Waals surface area contributed by atoms with Crippen LogP contribution in [0, 0.1) is 6.07 Å². The molecule has 1 aromatic carbocycles. The number of hydrogen-bond acceptors (Lipinski definition) is 1. The second-order valence-corrected chi connectivity index (χ2v) is 3.26. The smallest absolute Gasteiger partial charge is 0.0420 e. The summed E-state index contributed by atoms with van der Waals surface area (Å²) in [5.74, 6) is 0. The molecule has 0 aliphatic rings. The van der Waals surface area contributed by atoms with Gasteiger partial charge in [0.1, 0.15) is 0 Å². The molecule has 0 saturated carbocycles. The van der Waals surface area contributed by atoms with Crippen molar-refractivity contribution in [3.05, 3.63) is 30.3 Å². The predicted molar refractivity (Wildman–Crippen MR) is 57.9 cm³/mol. The third-order valence-electron chi connectivity index (χ3n) is 2.05. The molecule has 0 saturated heterocycles. The fourth-order valence-corrected chi connectivity index (χ4v) is 1.28. The Kier molecular flexibility index (Phi) is 5.07. The molecular formula is C12H18N. The summed E-state index contributed by atoms with van der Waals surface area (Å²) in [4.78, 5) is 0. The van der Waals surface area contributed by atoms with Crippen LogP contribution in [-0.2, 0) is 0 Å². The van der Waals surface area contributed by atoms with Crippen LogP contribution in [0.1, 0.15) is 32.6 Å². The maximum atomic E-state index is 3.35. The van der Waals surface area contributed by atoms with E-state index in [1.165, 1.54) is 25.7 Å². The Hall–Kier alpha value is -0.980. The average molecular weight is 176 g/mol. The lowest BCUT2D eigenvalue weighted by Gasteiger charge is -2.04. The van der Waals surface area contributed by atoms with Gasteiger partial charge in [-0.1, -0.05) is 44.4 Å². The predicted octanol–water partition coefficient (Wildman–Crippen LogP) is 3.48.